The summed E-state index contributed by atoms with van der Waals surface area (Å²) in [7, 11) is 1.75. The molecule has 2 amide bonds. The third kappa shape index (κ3) is 2.92. The minimum absolute atomic E-state index is 0.0155. The average molecular weight is 213 g/mol. The monoisotopic (exact) mass is 213 g/mol. The van der Waals surface area contributed by atoms with E-state index in [1.807, 2.05) is 6.92 Å². The van der Waals surface area contributed by atoms with Gasteiger partial charge in [-0.1, -0.05) is 13.3 Å². The molecule has 0 aliphatic carbocycles. The van der Waals surface area contributed by atoms with Crippen LogP contribution >= 0.6 is 0 Å². The number of amides is 2. The van der Waals surface area contributed by atoms with Crippen molar-refractivity contribution in [2.45, 2.75) is 25.8 Å². The van der Waals surface area contributed by atoms with E-state index in [-0.39, 0.29) is 18.4 Å². The number of nitrogens with two attached hydrogens (primary N) is 1. The van der Waals surface area contributed by atoms with Crippen molar-refractivity contribution in [3.63, 3.8) is 0 Å². The summed E-state index contributed by atoms with van der Waals surface area (Å²) >= 11 is 0. The van der Waals surface area contributed by atoms with Crippen molar-refractivity contribution >= 4 is 11.8 Å². The maximum absolute atomic E-state index is 11.8. The highest BCUT2D eigenvalue weighted by atomic mass is 16.2. The number of carbonyl (C=O) groups excluding carboxylic acids is 2. The number of likely N-dealkylation sites (N-methyl/N-ethyl adjacent to an activating group) is 1. The van der Waals surface area contributed by atoms with Crippen LogP contribution < -0.4 is 5.73 Å². The summed E-state index contributed by atoms with van der Waals surface area (Å²) in [4.78, 5) is 26.3. The molecule has 1 saturated heterocycles. The summed E-state index contributed by atoms with van der Waals surface area (Å²) in [5.74, 6) is -0.114. The van der Waals surface area contributed by atoms with E-state index in [1.165, 1.54) is 0 Å². The fourth-order valence-electron chi connectivity index (χ4n) is 1.62. The zero-order chi connectivity index (χ0) is 11.4. The van der Waals surface area contributed by atoms with Crippen molar-refractivity contribution in [3.8, 4) is 0 Å². The van der Waals surface area contributed by atoms with Gasteiger partial charge < -0.3 is 15.5 Å². The molecule has 1 rings (SSSR count). The molecule has 0 aromatic rings. The maximum atomic E-state index is 11.8. The average Bonchev–Trinajstić information content (AvgIpc) is 2.21. The molecule has 1 atom stereocenters. The molecule has 0 aromatic heterocycles. The Bertz CT molecular complexity index is 255. The zero-order valence-electron chi connectivity index (χ0n) is 9.40. The second-order valence-electron chi connectivity index (χ2n) is 3.97. The van der Waals surface area contributed by atoms with Gasteiger partial charge in [-0.3, -0.25) is 9.59 Å². The van der Waals surface area contributed by atoms with Gasteiger partial charge in [0.05, 0.1) is 12.6 Å². The van der Waals surface area contributed by atoms with Gasteiger partial charge in [-0.15, -0.1) is 0 Å². The lowest BCUT2D eigenvalue weighted by molar-refractivity contribution is -0.145. The lowest BCUT2D eigenvalue weighted by Crippen LogP contribution is -2.54. The molecule has 0 radical (unpaired) electrons. The zero-order valence-corrected chi connectivity index (χ0v) is 9.40. The Morgan fingerprint density at radius 2 is 2.20 bits per heavy atom. The summed E-state index contributed by atoms with van der Waals surface area (Å²) in [5, 5.41) is 0. The molecule has 15 heavy (non-hydrogen) atoms. The van der Waals surface area contributed by atoms with Gasteiger partial charge in [0.25, 0.3) is 0 Å². The SMILES string of the molecule is CCC[C@H](N)C(=O)N1CCN(C)C(=O)C1. The lowest BCUT2D eigenvalue weighted by Gasteiger charge is -2.33. The predicted molar refractivity (Wildman–Crippen MR) is 57.1 cm³/mol. The Hall–Kier alpha value is -1.10. The van der Waals surface area contributed by atoms with Crippen molar-refractivity contribution < 1.29 is 9.59 Å². The Morgan fingerprint density at radius 1 is 1.53 bits per heavy atom. The smallest absolute Gasteiger partial charge is 0.241 e. The molecule has 0 aromatic carbocycles. The van der Waals surface area contributed by atoms with Gasteiger partial charge in [0.15, 0.2) is 0 Å². The fraction of sp³-hybridized carbons (Fsp3) is 0.800. The van der Waals surface area contributed by atoms with Crippen LogP contribution in [0.3, 0.4) is 0 Å². The van der Waals surface area contributed by atoms with Crippen LogP contribution in [0.25, 0.3) is 0 Å². The number of piperazine rings is 1. The molecular weight excluding hydrogens is 194 g/mol. The summed E-state index contributed by atoms with van der Waals surface area (Å²) in [6.45, 7) is 3.36. The summed E-state index contributed by atoms with van der Waals surface area (Å²) in [5.41, 5.74) is 5.72. The molecule has 1 aliphatic rings. The first-order valence-corrected chi connectivity index (χ1v) is 5.34. The van der Waals surface area contributed by atoms with Gasteiger partial charge in [-0.05, 0) is 6.42 Å². The standard InChI is InChI=1S/C10H19N3O2/c1-3-4-8(11)10(15)13-6-5-12(2)9(14)7-13/h8H,3-7,11H2,1-2H3/t8-/m0/s1. The molecule has 0 unspecified atom stereocenters. The van der Waals surface area contributed by atoms with Gasteiger partial charge in [0, 0.05) is 20.1 Å². The molecule has 0 saturated carbocycles. The number of rotatable bonds is 3. The molecule has 1 fully saturated rings. The van der Waals surface area contributed by atoms with Crippen LogP contribution in [0, 0.1) is 0 Å². The van der Waals surface area contributed by atoms with Gasteiger partial charge in [-0.25, -0.2) is 0 Å². The van der Waals surface area contributed by atoms with Gasteiger partial charge >= 0.3 is 0 Å². The lowest BCUT2D eigenvalue weighted by atomic mass is 10.1. The third-order valence-corrected chi connectivity index (χ3v) is 2.69. The highest BCUT2D eigenvalue weighted by Crippen LogP contribution is 2.05. The molecule has 2 N–H and O–H groups in total. The van der Waals surface area contributed by atoms with Crippen LogP contribution in [0.2, 0.25) is 0 Å². The number of hydrogen-bond donors (Lipinski definition) is 1. The Balaban J connectivity index is 2.50. The van der Waals surface area contributed by atoms with E-state index in [0.717, 1.165) is 6.42 Å². The Morgan fingerprint density at radius 3 is 2.73 bits per heavy atom. The molecular formula is C10H19N3O2. The van der Waals surface area contributed by atoms with Crippen molar-refractivity contribution in [3.05, 3.63) is 0 Å². The minimum atomic E-state index is -0.453. The first-order chi connectivity index (χ1) is 7.06. The van der Waals surface area contributed by atoms with Crippen LogP contribution in [0.15, 0.2) is 0 Å². The maximum Gasteiger partial charge on any atom is 0.241 e. The summed E-state index contributed by atoms with van der Waals surface area (Å²) in [6.07, 6.45) is 1.56. The van der Waals surface area contributed by atoms with E-state index in [0.29, 0.717) is 19.5 Å². The van der Waals surface area contributed by atoms with Gasteiger partial charge in [0.1, 0.15) is 0 Å². The van der Waals surface area contributed by atoms with E-state index in [9.17, 15) is 9.59 Å². The first kappa shape index (κ1) is 12.0. The van der Waals surface area contributed by atoms with Crippen LogP contribution in [-0.4, -0.2) is 54.3 Å². The summed E-state index contributed by atoms with van der Waals surface area (Å²) in [6, 6.07) is -0.453. The first-order valence-electron chi connectivity index (χ1n) is 5.34. The molecule has 86 valence electrons. The molecule has 1 aliphatic heterocycles. The topological polar surface area (TPSA) is 66.6 Å². The molecule has 5 heteroatoms. The van der Waals surface area contributed by atoms with E-state index < -0.39 is 6.04 Å². The quantitative estimate of drug-likeness (QED) is 0.681. The third-order valence-electron chi connectivity index (χ3n) is 2.69. The van der Waals surface area contributed by atoms with Crippen LogP contribution in [-0.2, 0) is 9.59 Å². The Labute approximate surface area is 90.2 Å². The van der Waals surface area contributed by atoms with Crippen molar-refractivity contribution in [1.82, 2.24) is 9.80 Å². The van der Waals surface area contributed by atoms with E-state index in [1.54, 1.807) is 16.8 Å². The molecule has 5 nitrogen and oxygen atoms in total. The molecule has 0 spiro atoms. The van der Waals surface area contributed by atoms with E-state index >= 15 is 0 Å². The van der Waals surface area contributed by atoms with Crippen LogP contribution in [0.5, 0.6) is 0 Å². The predicted octanol–water partition coefficient (Wildman–Crippen LogP) is -0.586. The second-order valence-corrected chi connectivity index (χ2v) is 3.97. The second kappa shape index (κ2) is 5.11. The number of carbonyl (C=O) groups is 2. The van der Waals surface area contributed by atoms with Crippen molar-refractivity contribution in [2.75, 3.05) is 26.7 Å². The molecule has 0 bridgehead atoms. The van der Waals surface area contributed by atoms with E-state index in [2.05, 4.69) is 0 Å². The van der Waals surface area contributed by atoms with E-state index in [4.69, 9.17) is 5.73 Å². The fourth-order valence-corrected chi connectivity index (χ4v) is 1.62. The largest absolute Gasteiger partial charge is 0.342 e. The highest BCUT2D eigenvalue weighted by Gasteiger charge is 2.27. The highest BCUT2D eigenvalue weighted by molar-refractivity contribution is 5.88. The van der Waals surface area contributed by atoms with Gasteiger partial charge in [-0.2, -0.15) is 0 Å². The van der Waals surface area contributed by atoms with Crippen molar-refractivity contribution in [2.24, 2.45) is 5.73 Å². The normalized spacial score (nSPS) is 19.3. The van der Waals surface area contributed by atoms with Gasteiger partial charge in [0.2, 0.25) is 11.8 Å². The molecule has 1 heterocycles. The minimum Gasteiger partial charge on any atom is -0.342 e. The van der Waals surface area contributed by atoms with Crippen molar-refractivity contribution in [1.29, 1.82) is 0 Å². The van der Waals surface area contributed by atoms with Crippen LogP contribution in [0.1, 0.15) is 19.8 Å². The Kier molecular flexibility index (Phi) is 4.08. The number of nitrogens with zero attached hydrogens (tertiary/aromatic N) is 2. The summed E-state index contributed by atoms with van der Waals surface area (Å²) < 4.78 is 0. The number of hydrogen-bond acceptors (Lipinski definition) is 3. The van der Waals surface area contributed by atoms with Crippen LogP contribution in [0.4, 0.5) is 0 Å².